The van der Waals surface area contributed by atoms with Crippen LogP contribution in [0.25, 0.3) is 88.6 Å². The van der Waals surface area contributed by atoms with Gasteiger partial charge in [-0.3, -0.25) is 0 Å². The summed E-state index contributed by atoms with van der Waals surface area (Å²) in [4.78, 5) is 18.7. The van der Waals surface area contributed by atoms with Gasteiger partial charge in [0, 0.05) is 65.9 Å². The van der Waals surface area contributed by atoms with Crippen LogP contribution in [-0.4, -0.2) is 32.3 Å². The molecular weight excluding hydrogens is 801 g/mol. The second kappa shape index (κ2) is 17.2. The highest BCUT2D eigenvalue weighted by Gasteiger charge is 2.25. The van der Waals surface area contributed by atoms with Gasteiger partial charge in [0.15, 0.2) is 0 Å². The first kappa shape index (κ1) is 43.9. The summed E-state index contributed by atoms with van der Waals surface area (Å²) in [6.45, 7) is 21.2. The van der Waals surface area contributed by atoms with Gasteiger partial charge in [0.2, 0.25) is 0 Å². The fraction of sp³-hybridized carbons (Fsp3) is 0.379. The number of fused-ring (bicyclic) bond motifs is 20. The first-order valence-electron chi connectivity index (χ1n) is 23.7. The van der Waals surface area contributed by atoms with Crippen LogP contribution in [-0.2, 0) is 16.2 Å². The maximum Gasteiger partial charge on any atom is 0.120 e. The summed E-state index contributed by atoms with van der Waals surface area (Å²) in [6.07, 6.45) is 9.97. The monoisotopic (exact) mass is 866 g/mol. The van der Waals surface area contributed by atoms with E-state index in [9.17, 15) is 0 Å². The van der Waals surface area contributed by atoms with Crippen molar-refractivity contribution in [3.63, 3.8) is 0 Å². The molecule has 9 rings (SSSR count). The van der Waals surface area contributed by atoms with E-state index in [1.807, 2.05) is 0 Å². The van der Waals surface area contributed by atoms with Crippen LogP contribution < -0.4 is 4.74 Å². The summed E-state index contributed by atoms with van der Waals surface area (Å²) in [5.41, 5.74) is 16.3. The van der Waals surface area contributed by atoms with E-state index < -0.39 is 0 Å². The zero-order chi connectivity index (χ0) is 45.0. The van der Waals surface area contributed by atoms with E-state index in [0.29, 0.717) is 6.61 Å². The van der Waals surface area contributed by atoms with Crippen LogP contribution in [0.3, 0.4) is 0 Å². The molecule has 5 nitrogen and oxygen atoms in total. The van der Waals surface area contributed by atoms with Crippen LogP contribution in [0.1, 0.15) is 130 Å². The van der Waals surface area contributed by atoms with Gasteiger partial charge in [-0.15, -0.1) is 0 Å². The number of unbranched alkanes of at least 4 members (excludes halogenated alkanes) is 7. The molecule has 2 aliphatic heterocycles. The first-order chi connectivity index (χ1) is 30.5. The lowest BCUT2D eigenvalue weighted by Gasteiger charge is -2.20. The number of H-pyrrole nitrogens is 2. The van der Waals surface area contributed by atoms with E-state index in [0.717, 1.165) is 95.8 Å². The Bertz CT molecular complexity index is 3040. The number of thiol groups is 1. The molecule has 0 saturated heterocycles. The molecule has 6 heteroatoms. The van der Waals surface area contributed by atoms with Crippen molar-refractivity contribution < 1.29 is 4.74 Å². The van der Waals surface area contributed by atoms with Crippen molar-refractivity contribution >= 4 is 56.2 Å². The van der Waals surface area contributed by atoms with E-state index in [-0.39, 0.29) is 16.2 Å². The Morgan fingerprint density at radius 3 is 1.28 bits per heavy atom. The minimum atomic E-state index is -0.0170. The van der Waals surface area contributed by atoms with E-state index in [4.69, 9.17) is 14.7 Å². The standard InChI is InChI=1S/C58H66N4OS/c1-56(2,3)36-18-22-40-44(28-36)52-32-49-41-23-19-37(57(4,5)6)29-45(41)54(60-49)34-51-43-25-21-39(63-26-16-14-12-10-11-13-15-17-27-64)31-47(43)55(62-51)35-50-42-24-20-38(58(7,8)9)30-46(42)53(61-50)33-48(40)59-52/h18-25,28-35,59,62,64H,10-17,26-27H2,1-9H3. The normalized spacial score (nSPS) is 12.8. The van der Waals surface area contributed by atoms with Gasteiger partial charge in [0.05, 0.1) is 29.4 Å². The highest BCUT2D eigenvalue weighted by atomic mass is 32.1. The summed E-state index contributed by atoms with van der Waals surface area (Å²) in [5, 5.41) is 4.58. The third kappa shape index (κ3) is 8.88. The molecule has 8 bridgehead atoms. The highest BCUT2D eigenvalue weighted by molar-refractivity contribution is 7.80. The molecule has 0 fully saturated rings. The molecule has 0 amide bonds. The van der Waals surface area contributed by atoms with Gasteiger partial charge in [-0.25, -0.2) is 9.97 Å². The van der Waals surface area contributed by atoms with Crippen LogP contribution in [0, 0.1) is 0 Å². The van der Waals surface area contributed by atoms with Crippen LogP contribution in [0.15, 0.2) is 97.1 Å². The third-order valence-corrected chi connectivity index (χ3v) is 13.7. The first-order valence-corrected chi connectivity index (χ1v) is 24.3. The van der Waals surface area contributed by atoms with Gasteiger partial charge >= 0.3 is 0 Å². The smallest absolute Gasteiger partial charge is 0.120 e. The van der Waals surface area contributed by atoms with Crippen LogP contribution in [0.5, 0.6) is 5.75 Å². The van der Waals surface area contributed by atoms with Gasteiger partial charge in [-0.1, -0.05) is 137 Å². The molecule has 3 aromatic heterocycles. The Balaban J connectivity index is 1.26. The predicted molar refractivity (Wildman–Crippen MR) is 277 cm³/mol. The summed E-state index contributed by atoms with van der Waals surface area (Å²) in [5.74, 6) is 1.89. The molecule has 0 saturated carbocycles. The summed E-state index contributed by atoms with van der Waals surface area (Å²) < 4.78 is 6.47. The molecule has 0 radical (unpaired) electrons. The quantitative estimate of drug-likeness (QED) is 0.0896. The van der Waals surface area contributed by atoms with Gasteiger partial charge in [0.25, 0.3) is 0 Å². The van der Waals surface area contributed by atoms with Gasteiger partial charge in [0.1, 0.15) is 5.75 Å². The molecule has 2 aliphatic rings. The lowest BCUT2D eigenvalue weighted by atomic mass is 9.85. The SMILES string of the molecule is CC(C)(C)c1ccc2c(c1)-c1cc3[nH]c(cc4nc(cc5[nH]c(cc-2n1)c1cc(C(C)(C)C)ccc51)-c1cc(C(C)(C)C)ccc1-4)c1cc(OCCCCCCCCCCS)ccc31. The molecular formula is C58H66N4OS. The van der Waals surface area contributed by atoms with Crippen LogP contribution in [0.2, 0.25) is 0 Å². The number of hydrogen-bond acceptors (Lipinski definition) is 4. The summed E-state index contributed by atoms with van der Waals surface area (Å²) in [6, 6.07) is 36.3. The number of nitrogens with zero attached hydrogens (tertiary/aromatic N) is 2. The van der Waals surface area contributed by atoms with E-state index >= 15 is 0 Å². The lowest BCUT2D eigenvalue weighted by Crippen LogP contribution is -2.10. The Labute approximate surface area is 385 Å². The second-order valence-electron chi connectivity index (χ2n) is 21.4. The average Bonchev–Trinajstić information content (AvgIpc) is 3.98. The van der Waals surface area contributed by atoms with E-state index in [2.05, 4.69) is 182 Å². The van der Waals surface area contributed by atoms with Crippen molar-refractivity contribution in [2.75, 3.05) is 12.4 Å². The van der Waals surface area contributed by atoms with Crippen molar-refractivity contribution in [1.82, 2.24) is 19.9 Å². The number of rotatable bonds is 11. The zero-order valence-electron chi connectivity index (χ0n) is 39.6. The van der Waals surface area contributed by atoms with Crippen molar-refractivity contribution in [3.05, 3.63) is 114 Å². The number of aromatic nitrogens is 4. The predicted octanol–water partition coefficient (Wildman–Crippen LogP) is 16.6. The molecule has 2 N–H and O–H groups in total. The number of hydrogen-bond donors (Lipinski definition) is 3. The molecule has 330 valence electrons. The maximum atomic E-state index is 6.47. The molecule has 0 unspecified atom stereocenters. The zero-order valence-corrected chi connectivity index (χ0v) is 40.5. The van der Waals surface area contributed by atoms with Crippen molar-refractivity contribution in [2.45, 2.75) is 130 Å². The second-order valence-corrected chi connectivity index (χ2v) is 21.8. The number of aromatic amines is 2. The van der Waals surface area contributed by atoms with Gasteiger partial charge in [-0.05, 0) is 112 Å². The Morgan fingerprint density at radius 1 is 0.406 bits per heavy atom. The lowest BCUT2D eigenvalue weighted by molar-refractivity contribution is 0.304. The molecule has 4 aromatic carbocycles. The number of benzene rings is 4. The Hall–Kier alpha value is -5.33. The fourth-order valence-electron chi connectivity index (χ4n) is 9.40. The summed E-state index contributed by atoms with van der Waals surface area (Å²) >= 11 is 4.35. The minimum Gasteiger partial charge on any atom is -0.494 e. The minimum absolute atomic E-state index is 0.00816. The van der Waals surface area contributed by atoms with Crippen molar-refractivity contribution in [2.24, 2.45) is 0 Å². The molecule has 5 heterocycles. The average molecular weight is 867 g/mol. The van der Waals surface area contributed by atoms with Gasteiger partial charge < -0.3 is 14.7 Å². The van der Waals surface area contributed by atoms with E-state index in [1.54, 1.807) is 0 Å². The van der Waals surface area contributed by atoms with Crippen LogP contribution >= 0.6 is 12.6 Å². The fourth-order valence-corrected chi connectivity index (χ4v) is 9.62. The topological polar surface area (TPSA) is 66.6 Å². The van der Waals surface area contributed by atoms with Crippen LogP contribution in [0.4, 0.5) is 0 Å². The molecule has 0 atom stereocenters. The van der Waals surface area contributed by atoms with Crippen molar-refractivity contribution in [1.29, 1.82) is 0 Å². The largest absolute Gasteiger partial charge is 0.494 e. The molecule has 64 heavy (non-hydrogen) atoms. The summed E-state index contributed by atoms with van der Waals surface area (Å²) in [7, 11) is 0. The Kier molecular flexibility index (Phi) is 11.8. The molecule has 0 aliphatic carbocycles. The third-order valence-electron chi connectivity index (χ3n) is 13.4. The Morgan fingerprint density at radius 2 is 0.797 bits per heavy atom. The molecule has 7 aromatic rings. The number of ether oxygens (including phenoxy) is 1. The van der Waals surface area contributed by atoms with Crippen molar-refractivity contribution in [3.8, 4) is 50.8 Å². The number of nitrogens with one attached hydrogen (secondary N) is 2. The maximum absolute atomic E-state index is 6.47. The van der Waals surface area contributed by atoms with E-state index in [1.165, 1.54) is 72.4 Å². The molecule has 0 spiro atoms. The highest BCUT2D eigenvalue weighted by Crippen LogP contribution is 2.43. The van der Waals surface area contributed by atoms with Gasteiger partial charge in [-0.2, -0.15) is 12.6 Å².